The zero-order valence-electron chi connectivity index (χ0n) is 9.66. The van der Waals surface area contributed by atoms with Gasteiger partial charge in [-0.3, -0.25) is 0 Å². The van der Waals surface area contributed by atoms with Crippen molar-refractivity contribution in [3.63, 3.8) is 0 Å². The fraction of sp³-hybridized carbons (Fsp3) is 0.214. The van der Waals surface area contributed by atoms with Crippen LogP contribution in [0.25, 0.3) is 0 Å². The minimum atomic E-state index is 0.291. The lowest BCUT2D eigenvalue weighted by atomic mass is 10.1. The molecule has 1 atom stereocenters. The second-order valence-electron chi connectivity index (χ2n) is 4.42. The molecule has 3 rings (SSSR count). The maximum atomic E-state index is 6.06. The number of nitrogens with one attached hydrogen (secondary N) is 1. The van der Waals surface area contributed by atoms with Crippen LogP contribution in [0, 0.1) is 0 Å². The van der Waals surface area contributed by atoms with E-state index in [1.165, 1.54) is 11.1 Å². The van der Waals surface area contributed by atoms with E-state index in [2.05, 4.69) is 16.4 Å². The zero-order valence-corrected chi connectivity index (χ0v) is 11.2. The van der Waals surface area contributed by atoms with Crippen LogP contribution in [0.3, 0.4) is 0 Å². The maximum Gasteiger partial charge on any atom is 0.152 e. The third-order valence-corrected chi connectivity index (χ3v) is 3.81. The Balaban J connectivity index is 1.87. The van der Waals surface area contributed by atoms with Gasteiger partial charge in [-0.25, -0.2) is 4.98 Å². The molecule has 1 heterocycles. The number of rotatable bonds is 2. The van der Waals surface area contributed by atoms with E-state index in [9.17, 15) is 0 Å². The number of benzene rings is 1. The van der Waals surface area contributed by atoms with Crippen LogP contribution in [-0.4, -0.2) is 4.98 Å². The molecule has 18 heavy (non-hydrogen) atoms. The summed E-state index contributed by atoms with van der Waals surface area (Å²) in [5, 5.41) is 4.76. The Morgan fingerprint density at radius 2 is 2.11 bits per heavy atom. The first-order valence-corrected chi connectivity index (χ1v) is 6.65. The summed E-state index contributed by atoms with van der Waals surface area (Å²) in [5.41, 5.74) is 3.51. The lowest BCUT2D eigenvalue weighted by Crippen LogP contribution is -2.07. The molecule has 1 aliphatic rings. The molecule has 4 heteroatoms. The highest BCUT2D eigenvalue weighted by atomic mass is 35.5. The Morgan fingerprint density at radius 1 is 1.22 bits per heavy atom. The smallest absolute Gasteiger partial charge is 0.152 e. The first kappa shape index (κ1) is 11.8. The van der Waals surface area contributed by atoms with Gasteiger partial charge in [-0.1, -0.05) is 29.3 Å². The van der Waals surface area contributed by atoms with E-state index in [1.807, 2.05) is 24.3 Å². The molecule has 1 aromatic carbocycles. The molecule has 0 amide bonds. The summed E-state index contributed by atoms with van der Waals surface area (Å²) in [5.74, 6) is 0. The third-order valence-electron chi connectivity index (χ3n) is 3.27. The van der Waals surface area contributed by atoms with Crippen LogP contribution in [-0.2, 0) is 6.42 Å². The summed E-state index contributed by atoms with van der Waals surface area (Å²) in [7, 11) is 0. The summed E-state index contributed by atoms with van der Waals surface area (Å²) in [6.45, 7) is 0. The number of anilines is 1. The van der Waals surface area contributed by atoms with E-state index in [1.54, 1.807) is 6.20 Å². The average molecular weight is 279 g/mol. The highest BCUT2D eigenvalue weighted by Gasteiger charge is 2.22. The Labute approximate surface area is 116 Å². The highest BCUT2D eigenvalue weighted by molar-refractivity contribution is 6.32. The monoisotopic (exact) mass is 278 g/mol. The van der Waals surface area contributed by atoms with Crippen molar-refractivity contribution in [1.82, 2.24) is 4.98 Å². The molecule has 1 unspecified atom stereocenters. The van der Waals surface area contributed by atoms with E-state index in [4.69, 9.17) is 23.2 Å². The lowest BCUT2D eigenvalue weighted by Gasteiger charge is -2.16. The molecule has 0 saturated heterocycles. The van der Waals surface area contributed by atoms with Gasteiger partial charge in [0.25, 0.3) is 0 Å². The molecular formula is C14H12Cl2N2. The number of hydrogen-bond acceptors (Lipinski definition) is 2. The van der Waals surface area contributed by atoms with Crippen molar-refractivity contribution in [2.75, 3.05) is 5.32 Å². The summed E-state index contributed by atoms with van der Waals surface area (Å²) >= 11 is 12.1. The van der Waals surface area contributed by atoms with E-state index in [0.29, 0.717) is 11.2 Å². The van der Waals surface area contributed by atoms with Crippen LogP contribution in [0.4, 0.5) is 5.69 Å². The van der Waals surface area contributed by atoms with Gasteiger partial charge in [0.2, 0.25) is 0 Å². The number of hydrogen-bond donors (Lipinski definition) is 1. The molecule has 1 aromatic heterocycles. The summed E-state index contributed by atoms with van der Waals surface area (Å²) < 4.78 is 0. The van der Waals surface area contributed by atoms with E-state index in [-0.39, 0.29) is 0 Å². The molecular weight excluding hydrogens is 267 g/mol. The molecule has 1 N–H and O–H groups in total. The molecule has 0 radical (unpaired) electrons. The van der Waals surface area contributed by atoms with E-state index >= 15 is 0 Å². The van der Waals surface area contributed by atoms with Gasteiger partial charge in [0, 0.05) is 11.2 Å². The van der Waals surface area contributed by atoms with E-state index < -0.39 is 0 Å². The molecule has 0 fully saturated rings. The van der Waals surface area contributed by atoms with Crippen LogP contribution in [0.5, 0.6) is 0 Å². The standard InChI is InChI=1S/C14H12Cl2N2/c15-10-4-5-11-9(8-10)3-6-12(11)18-13-2-1-7-17-14(13)16/h1-2,4-5,7-8,12,18H,3,6H2. The van der Waals surface area contributed by atoms with Crippen molar-refractivity contribution in [2.45, 2.75) is 18.9 Å². The van der Waals surface area contributed by atoms with Gasteiger partial charge in [-0.2, -0.15) is 0 Å². The number of pyridine rings is 1. The second-order valence-corrected chi connectivity index (χ2v) is 5.21. The summed E-state index contributed by atoms with van der Waals surface area (Å²) in [6, 6.07) is 10.2. The van der Waals surface area contributed by atoms with Crippen LogP contribution < -0.4 is 5.32 Å². The summed E-state index contributed by atoms with van der Waals surface area (Å²) in [6.07, 6.45) is 3.79. The van der Waals surface area contributed by atoms with E-state index in [0.717, 1.165) is 23.6 Å². The largest absolute Gasteiger partial charge is 0.376 e. The van der Waals surface area contributed by atoms with Crippen LogP contribution in [0.2, 0.25) is 10.2 Å². The summed E-state index contributed by atoms with van der Waals surface area (Å²) in [4.78, 5) is 4.07. The molecule has 0 saturated carbocycles. The van der Waals surface area contributed by atoms with Crippen LogP contribution in [0.1, 0.15) is 23.6 Å². The van der Waals surface area contributed by atoms with Gasteiger partial charge < -0.3 is 5.32 Å². The SMILES string of the molecule is Clc1ccc2c(c1)CCC2Nc1cccnc1Cl. The number of fused-ring (bicyclic) bond motifs is 1. The quantitative estimate of drug-likeness (QED) is 0.819. The first-order valence-electron chi connectivity index (χ1n) is 5.89. The van der Waals surface area contributed by atoms with Gasteiger partial charge in [0.05, 0.1) is 11.7 Å². The van der Waals surface area contributed by atoms with Gasteiger partial charge in [-0.15, -0.1) is 0 Å². The van der Waals surface area contributed by atoms with Crippen LogP contribution in [0.15, 0.2) is 36.5 Å². The fourth-order valence-electron chi connectivity index (χ4n) is 2.42. The minimum absolute atomic E-state index is 0.291. The molecule has 92 valence electrons. The van der Waals surface area contributed by atoms with Gasteiger partial charge in [0.1, 0.15) is 0 Å². The Bertz CT molecular complexity index is 584. The first-order chi connectivity index (χ1) is 8.74. The van der Waals surface area contributed by atoms with Gasteiger partial charge >= 0.3 is 0 Å². The number of nitrogens with zero attached hydrogens (tertiary/aromatic N) is 1. The normalized spacial score (nSPS) is 17.6. The predicted octanol–water partition coefficient (Wildman–Crippen LogP) is 4.49. The molecule has 0 spiro atoms. The molecule has 0 bridgehead atoms. The second kappa shape index (κ2) is 4.79. The lowest BCUT2D eigenvalue weighted by molar-refractivity contribution is 0.761. The van der Waals surface area contributed by atoms with Crippen molar-refractivity contribution in [3.8, 4) is 0 Å². The van der Waals surface area contributed by atoms with Crippen molar-refractivity contribution in [2.24, 2.45) is 0 Å². The van der Waals surface area contributed by atoms with Crippen molar-refractivity contribution in [1.29, 1.82) is 0 Å². The van der Waals surface area contributed by atoms with Crippen molar-refractivity contribution in [3.05, 3.63) is 57.8 Å². The third kappa shape index (κ3) is 2.18. The fourth-order valence-corrected chi connectivity index (χ4v) is 2.79. The molecule has 0 aliphatic heterocycles. The number of halogens is 2. The van der Waals surface area contributed by atoms with Gasteiger partial charge in [-0.05, 0) is 48.2 Å². The average Bonchev–Trinajstić information content (AvgIpc) is 2.74. The highest BCUT2D eigenvalue weighted by Crippen LogP contribution is 2.36. The van der Waals surface area contributed by atoms with Crippen molar-refractivity contribution >= 4 is 28.9 Å². The topological polar surface area (TPSA) is 24.9 Å². The Hall–Kier alpha value is -1.25. The molecule has 1 aliphatic carbocycles. The minimum Gasteiger partial charge on any atom is -0.376 e. The van der Waals surface area contributed by atoms with Gasteiger partial charge in [0.15, 0.2) is 5.15 Å². The molecule has 2 aromatic rings. The zero-order chi connectivity index (χ0) is 12.5. The number of aromatic nitrogens is 1. The maximum absolute atomic E-state index is 6.06. The number of aryl methyl sites for hydroxylation is 1. The van der Waals surface area contributed by atoms with Crippen LogP contribution >= 0.6 is 23.2 Å². The predicted molar refractivity (Wildman–Crippen MR) is 75.4 cm³/mol. The molecule has 2 nitrogen and oxygen atoms in total. The van der Waals surface area contributed by atoms with Crippen molar-refractivity contribution < 1.29 is 0 Å². The Morgan fingerprint density at radius 3 is 2.94 bits per heavy atom. The Kier molecular flexibility index (Phi) is 3.14.